The Morgan fingerprint density at radius 3 is 2.45 bits per heavy atom. The molecule has 0 saturated heterocycles. The van der Waals surface area contributed by atoms with E-state index in [4.69, 9.17) is 5.73 Å². The summed E-state index contributed by atoms with van der Waals surface area (Å²) in [6, 6.07) is 5.10. The molecule has 1 unspecified atom stereocenters. The maximum absolute atomic E-state index is 12.0. The molecule has 6 heteroatoms. The SMILES string of the molecule is Cc1ccc(NC(=O)CC(C)N)cc1C(=O)N(C)C.Cl. The van der Waals surface area contributed by atoms with Crippen molar-refractivity contribution in [2.45, 2.75) is 26.3 Å². The van der Waals surface area contributed by atoms with Crippen LogP contribution in [0.2, 0.25) is 0 Å². The molecule has 1 aromatic rings. The van der Waals surface area contributed by atoms with Crippen molar-refractivity contribution in [3.8, 4) is 0 Å². The van der Waals surface area contributed by atoms with E-state index in [0.29, 0.717) is 11.3 Å². The number of anilines is 1. The Kier molecular flexibility index (Phi) is 7.24. The van der Waals surface area contributed by atoms with Crippen LogP contribution in [0.5, 0.6) is 0 Å². The highest BCUT2D eigenvalue weighted by Gasteiger charge is 2.13. The van der Waals surface area contributed by atoms with E-state index in [1.807, 2.05) is 13.0 Å². The van der Waals surface area contributed by atoms with Crippen molar-refractivity contribution < 1.29 is 9.59 Å². The van der Waals surface area contributed by atoms with Crippen molar-refractivity contribution >= 4 is 29.9 Å². The van der Waals surface area contributed by atoms with Crippen molar-refractivity contribution in [2.24, 2.45) is 5.73 Å². The van der Waals surface area contributed by atoms with Crippen LogP contribution in [0.4, 0.5) is 5.69 Å². The molecule has 0 heterocycles. The summed E-state index contributed by atoms with van der Waals surface area (Å²) in [4.78, 5) is 25.1. The van der Waals surface area contributed by atoms with Gasteiger partial charge in [-0.15, -0.1) is 12.4 Å². The predicted octanol–water partition coefficient (Wildman–Crippen LogP) is 1.79. The van der Waals surface area contributed by atoms with Crippen LogP contribution in [0.15, 0.2) is 18.2 Å². The largest absolute Gasteiger partial charge is 0.345 e. The average Bonchev–Trinajstić information content (AvgIpc) is 2.29. The van der Waals surface area contributed by atoms with E-state index < -0.39 is 0 Å². The first-order chi connectivity index (χ1) is 8.81. The van der Waals surface area contributed by atoms with E-state index >= 15 is 0 Å². The van der Waals surface area contributed by atoms with E-state index in [2.05, 4.69) is 5.32 Å². The second kappa shape index (κ2) is 7.87. The van der Waals surface area contributed by atoms with Gasteiger partial charge in [0, 0.05) is 37.8 Å². The van der Waals surface area contributed by atoms with Gasteiger partial charge in [-0.05, 0) is 31.5 Å². The van der Waals surface area contributed by atoms with Crippen LogP contribution in [-0.2, 0) is 4.79 Å². The average molecular weight is 300 g/mol. The predicted molar refractivity (Wildman–Crippen MR) is 83.3 cm³/mol. The summed E-state index contributed by atoms with van der Waals surface area (Å²) in [5, 5.41) is 2.74. The lowest BCUT2D eigenvalue weighted by molar-refractivity contribution is -0.116. The van der Waals surface area contributed by atoms with Gasteiger partial charge >= 0.3 is 0 Å². The van der Waals surface area contributed by atoms with Crippen molar-refractivity contribution in [1.29, 1.82) is 0 Å². The van der Waals surface area contributed by atoms with Crippen molar-refractivity contribution in [2.75, 3.05) is 19.4 Å². The van der Waals surface area contributed by atoms with E-state index in [1.165, 1.54) is 4.90 Å². The van der Waals surface area contributed by atoms with Gasteiger partial charge in [0.15, 0.2) is 0 Å². The number of rotatable bonds is 4. The fourth-order valence-electron chi connectivity index (χ4n) is 1.68. The zero-order valence-corrected chi connectivity index (χ0v) is 13.1. The first-order valence-corrected chi connectivity index (χ1v) is 6.19. The zero-order chi connectivity index (χ0) is 14.6. The van der Waals surface area contributed by atoms with Crippen LogP contribution in [-0.4, -0.2) is 36.9 Å². The third-order valence-corrected chi connectivity index (χ3v) is 2.67. The van der Waals surface area contributed by atoms with E-state index in [-0.39, 0.29) is 36.7 Å². The summed E-state index contributed by atoms with van der Waals surface area (Å²) >= 11 is 0. The highest BCUT2D eigenvalue weighted by molar-refractivity contribution is 5.98. The number of benzene rings is 1. The minimum absolute atomic E-state index is 0. The normalized spacial score (nSPS) is 11.2. The summed E-state index contributed by atoms with van der Waals surface area (Å²) in [6.45, 7) is 3.64. The number of carbonyl (C=O) groups excluding carboxylic acids is 2. The number of aryl methyl sites for hydroxylation is 1. The Bertz CT molecular complexity index is 487. The van der Waals surface area contributed by atoms with E-state index in [1.54, 1.807) is 33.2 Å². The van der Waals surface area contributed by atoms with Crippen LogP contribution in [0.3, 0.4) is 0 Å². The maximum Gasteiger partial charge on any atom is 0.253 e. The van der Waals surface area contributed by atoms with Crippen LogP contribution >= 0.6 is 12.4 Å². The molecule has 0 aliphatic rings. The van der Waals surface area contributed by atoms with Gasteiger partial charge in [-0.3, -0.25) is 9.59 Å². The highest BCUT2D eigenvalue weighted by Crippen LogP contribution is 2.17. The van der Waals surface area contributed by atoms with Gasteiger partial charge in [-0.1, -0.05) is 6.07 Å². The summed E-state index contributed by atoms with van der Waals surface area (Å²) < 4.78 is 0. The number of halogens is 1. The number of hydrogen-bond donors (Lipinski definition) is 2. The lowest BCUT2D eigenvalue weighted by atomic mass is 10.1. The first kappa shape index (κ1) is 18.4. The summed E-state index contributed by atoms with van der Waals surface area (Å²) in [5.41, 5.74) is 7.65. The smallest absolute Gasteiger partial charge is 0.253 e. The topological polar surface area (TPSA) is 75.4 Å². The Hall–Kier alpha value is -1.59. The molecule has 1 atom stereocenters. The van der Waals surface area contributed by atoms with E-state index in [9.17, 15) is 9.59 Å². The van der Waals surface area contributed by atoms with E-state index in [0.717, 1.165) is 5.56 Å². The summed E-state index contributed by atoms with van der Waals surface area (Å²) in [7, 11) is 3.40. The molecule has 0 aromatic heterocycles. The molecule has 0 aliphatic carbocycles. The van der Waals surface area contributed by atoms with Crippen molar-refractivity contribution in [3.05, 3.63) is 29.3 Å². The number of amides is 2. The minimum Gasteiger partial charge on any atom is -0.345 e. The third kappa shape index (κ3) is 5.19. The maximum atomic E-state index is 12.0. The van der Waals surface area contributed by atoms with Gasteiger partial charge in [0.2, 0.25) is 5.91 Å². The molecule has 3 N–H and O–H groups in total. The quantitative estimate of drug-likeness (QED) is 0.890. The lowest BCUT2D eigenvalue weighted by Gasteiger charge is -2.14. The fraction of sp³-hybridized carbons (Fsp3) is 0.429. The second-order valence-corrected chi connectivity index (χ2v) is 4.96. The number of nitrogens with one attached hydrogen (secondary N) is 1. The molecule has 0 bridgehead atoms. The van der Waals surface area contributed by atoms with Crippen LogP contribution in [0.1, 0.15) is 29.3 Å². The molecule has 1 aromatic carbocycles. The number of nitrogens with zero attached hydrogens (tertiary/aromatic N) is 1. The lowest BCUT2D eigenvalue weighted by Crippen LogP contribution is -2.25. The first-order valence-electron chi connectivity index (χ1n) is 6.19. The standard InChI is InChI=1S/C14H21N3O2.ClH/c1-9-5-6-11(16-13(18)7-10(2)15)8-12(9)14(19)17(3)4;/h5-6,8,10H,7,15H2,1-4H3,(H,16,18);1H. The monoisotopic (exact) mass is 299 g/mol. The molecule has 1 rings (SSSR count). The summed E-state index contributed by atoms with van der Waals surface area (Å²) in [6.07, 6.45) is 0.255. The molecular weight excluding hydrogens is 278 g/mol. The fourth-order valence-corrected chi connectivity index (χ4v) is 1.68. The van der Waals surface area contributed by atoms with Crippen molar-refractivity contribution in [1.82, 2.24) is 4.90 Å². The Balaban J connectivity index is 0.00000361. The number of carbonyl (C=O) groups is 2. The Labute approximate surface area is 125 Å². The molecule has 20 heavy (non-hydrogen) atoms. The Morgan fingerprint density at radius 2 is 1.95 bits per heavy atom. The molecule has 112 valence electrons. The second-order valence-electron chi connectivity index (χ2n) is 4.96. The van der Waals surface area contributed by atoms with Crippen LogP contribution < -0.4 is 11.1 Å². The molecule has 0 radical (unpaired) electrons. The molecule has 5 nitrogen and oxygen atoms in total. The van der Waals surface area contributed by atoms with Crippen LogP contribution in [0, 0.1) is 6.92 Å². The van der Waals surface area contributed by atoms with Crippen molar-refractivity contribution in [3.63, 3.8) is 0 Å². The molecule has 0 aliphatic heterocycles. The van der Waals surface area contributed by atoms with Gasteiger partial charge in [0.05, 0.1) is 0 Å². The van der Waals surface area contributed by atoms with Crippen LogP contribution in [0.25, 0.3) is 0 Å². The molecule has 2 amide bonds. The van der Waals surface area contributed by atoms with Gasteiger partial charge in [0.1, 0.15) is 0 Å². The molecular formula is C14H22ClN3O2. The number of hydrogen-bond acceptors (Lipinski definition) is 3. The summed E-state index contributed by atoms with van der Waals surface area (Å²) in [5.74, 6) is -0.233. The highest BCUT2D eigenvalue weighted by atomic mass is 35.5. The van der Waals surface area contributed by atoms with Gasteiger partial charge in [0.25, 0.3) is 5.91 Å². The molecule has 0 fully saturated rings. The van der Waals surface area contributed by atoms with Gasteiger partial charge < -0.3 is 16.0 Å². The molecule has 0 saturated carbocycles. The minimum atomic E-state index is -0.187. The van der Waals surface area contributed by atoms with Gasteiger partial charge in [-0.2, -0.15) is 0 Å². The third-order valence-electron chi connectivity index (χ3n) is 2.67. The zero-order valence-electron chi connectivity index (χ0n) is 12.3. The Morgan fingerprint density at radius 1 is 1.35 bits per heavy atom. The van der Waals surface area contributed by atoms with Gasteiger partial charge in [-0.25, -0.2) is 0 Å². The number of nitrogens with two attached hydrogens (primary N) is 1. The molecule has 0 spiro atoms.